The highest BCUT2D eigenvalue weighted by atomic mass is 19.3. The minimum absolute atomic E-state index is 0.0217. The zero-order valence-electron chi connectivity index (χ0n) is 21.9. The number of aromatic nitrogens is 3. The first-order valence-corrected chi connectivity index (χ1v) is 12.5. The second-order valence-corrected chi connectivity index (χ2v) is 10.7. The largest absolute Gasteiger partial charge is 0.507 e. The minimum Gasteiger partial charge on any atom is -0.507 e. The number of amides is 1. The van der Waals surface area contributed by atoms with Crippen LogP contribution in [0.2, 0.25) is 0 Å². The van der Waals surface area contributed by atoms with Gasteiger partial charge in [0.2, 0.25) is 0 Å². The average molecular weight is 547 g/mol. The summed E-state index contributed by atoms with van der Waals surface area (Å²) < 4.78 is 55.7. The van der Waals surface area contributed by atoms with Gasteiger partial charge in [0.05, 0.1) is 23.8 Å². The van der Waals surface area contributed by atoms with E-state index in [9.17, 15) is 23.8 Å². The number of rotatable bonds is 4. The van der Waals surface area contributed by atoms with Crippen molar-refractivity contribution in [3.63, 3.8) is 0 Å². The fourth-order valence-corrected chi connectivity index (χ4v) is 5.06. The highest BCUT2D eigenvalue weighted by Gasteiger charge is 2.39. The van der Waals surface area contributed by atoms with Crippen LogP contribution in [0.5, 0.6) is 5.75 Å². The Balaban J connectivity index is 1.48. The number of carbonyl (C=O) groups is 1. The van der Waals surface area contributed by atoms with E-state index in [1.54, 1.807) is 37.6 Å². The summed E-state index contributed by atoms with van der Waals surface area (Å²) in [5.41, 5.74) is -0.0854. The Morgan fingerprint density at radius 2 is 1.92 bits per heavy atom. The number of allylic oxidation sites excluding steroid dienone is 1. The molecule has 9 nitrogen and oxygen atoms in total. The molecule has 2 atom stereocenters. The van der Waals surface area contributed by atoms with Crippen LogP contribution in [0.4, 0.5) is 18.0 Å². The van der Waals surface area contributed by atoms with Gasteiger partial charge < -0.3 is 29.2 Å². The molecule has 2 N–H and O–H groups in total. The van der Waals surface area contributed by atoms with Crippen LogP contribution in [0, 0.1) is 12.7 Å². The molecule has 1 aromatic carbocycles. The van der Waals surface area contributed by atoms with Crippen LogP contribution in [-0.2, 0) is 17.7 Å². The summed E-state index contributed by atoms with van der Waals surface area (Å²) in [5, 5.41) is 22.3. The van der Waals surface area contributed by atoms with Crippen molar-refractivity contribution < 1.29 is 37.7 Å². The normalized spacial score (nSPS) is 19.6. The Hall–Kier alpha value is -3.96. The van der Waals surface area contributed by atoms with E-state index in [4.69, 9.17) is 9.47 Å². The number of hydrogen-bond acceptors (Lipinski definition) is 7. The van der Waals surface area contributed by atoms with E-state index in [0.717, 1.165) is 17.1 Å². The van der Waals surface area contributed by atoms with Crippen LogP contribution in [0.3, 0.4) is 0 Å². The third-order valence-corrected chi connectivity index (χ3v) is 6.97. The molecule has 0 unspecified atom stereocenters. The number of ether oxygens (including phenoxy) is 2. The summed E-state index contributed by atoms with van der Waals surface area (Å²) in [7, 11) is 0. The van der Waals surface area contributed by atoms with Gasteiger partial charge in [0.15, 0.2) is 17.6 Å². The molecule has 39 heavy (non-hydrogen) atoms. The van der Waals surface area contributed by atoms with E-state index in [-0.39, 0.29) is 48.6 Å². The lowest BCUT2D eigenvalue weighted by molar-refractivity contribution is 0.0219. The molecule has 5 rings (SSSR count). The van der Waals surface area contributed by atoms with Crippen molar-refractivity contribution >= 4 is 17.1 Å². The third kappa shape index (κ3) is 4.83. The molecular weight excluding hydrogens is 517 g/mol. The van der Waals surface area contributed by atoms with Crippen molar-refractivity contribution in [2.24, 2.45) is 0 Å². The van der Waals surface area contributed by atoms with Gasteiger partial charge in [0.25, 0.3) is 6.43 Å². The predicted molar refractivity (Wildman–Crippen MR) is 134 cm³/mol. The lowest BCUT2D eigenvalue weighted by Crippen LogP contribution is -2.40. The van der Waals surface area contributed by atoms with Crippen LogP contribution < -0.4 is 4.74 Å². The zero-order valence-corrected chi connectivity index (χ0v) is 21.9. The van der Waals surface area contributed by atoms with Gasteiger partial charge >= 0.3 is 6.09 Å². The zero-order chi connectivity index (χ0) is 28.2. The maximum Gasteiger partial charge on any atom is 0.410 e. The summed E-state index contributed by atoms with van der Waals surface area (Å²) in [4.78, 5) is 22.5. The quantitative estimate of drug-likeness (QED) is 0.424. The maximum atomic E-state index is 15.1. The number of benzene rings is 1. The standard InChI is InChI=1S/C27H29F3N4O5/c1-13-14-6-8-34(25(14)32-12-31-13)18-10-20(23(36)22(18)35)38-19-9-16(24(29)30)21(28)15-5-7-33(11-17(15)19)26(37)39-27(2,3)4/h6,8-9,12,18,20,24,35-36H,5,7,10-11H2,1-4H3/t18-,20+/m1/s1. The molecule has 2 aromatic heterocycles. The second kappa shape index (κ2) is 9.65. The molecule has 0 radical (unpaired) electrons. The molecule has 0 fully saturated rings. The highest BCUT2D eigenvalue weighted by molar-refractivity contribution is 5.78. The minimum atomic E-state index is -3.11. The number of halogens is 3. The van der Waals surface area contributed by atoms with E-state index >= 15 is 4.39 Å². The van der Waals surface area contributed by atoms with Gasteiger partial charge in [-0.05, 0) is 51.8 Å². The van der Waals surface area contributed by atoms with Crippen LogP contribution in [0.15, 0.2) is 36.2 Å². The molecule has 1 amide bonds. The Bertz CT molecular complexity index is 1480. The molecule has 1 aliphatic heterocycles. The molecule has 2 aliphatic rings. The molecule has 12 heteroatoms. The van der Waals surface area contributed by atoms with Gasteiger partial charge in [-0.2, -0.15) is 0 Å². The summed E-state index contributed by atoms with van der Waals surface area (Å²) in [6.45, 7) is 6.90. The number of alkyl halides is 2. The Morgan fingerprint density at radius 1 is 1.18 bits per heavy atom. The van der Waals surface area contributed by atoms with Gasteiger partial charge in [0.1, 0.15) is 29.1 Å². The van der Waals surface area contributed by atoms with E-state index < -0.39 is 47.4 Å². The van der Waals surface area contributed by atoms with E-state index in [1.165, 1.54) is 11.2 Å². The van der Waals surface area contributed by atoms with Crippen LogP contribution >= 0.6 is 0 Å². The third-order valence-electron chi connectivity index (χ3n) is 6.97. The number of aliphatic hydroxyl groups is 2. The first kappa shape index (κ1) is 26.6. The molecule has 3 aromatic rings. The fraction of sp³-hybridized carbons (Fsp3) is 0.444. The first-order chi connectivity index (χ1) is 18.4. The number of nitrogens with zero attached hydrogens (tertiary/aromatic N) is 4. The molecule has 208 valence electrons. The SMILES string of the molecule is Cc1ncnc2c1ccn2[C@@H]1C[C@H](Oc2cc(C(F)F)c(F)c3c2CN(C(=O)OC(C)(C)C)CC3)C(O)=C1O. The van der Waals surface area contributed by atoms with Crippen LogP contribution in [-0.4, -0.2) is 54.0 Å². The van der Waals surface area contributed by atoms with Crippen molar-refractivity contribution in [2.45, 2.75) is 71.3 Å². The van der Waals surface area contributed by atoms with E-state index in [1.807, 2.05) is 6.92 Å². The van der Waals surface area contributed by atoms with Crippen molar-refractivity contribution in [1.82, 2.24) is 19.4 Å². The predicted octanol–water partition coefficient (Wildman–Crippen LogP) is 5.83. The van der Waals surface area contributed by atoms with Gasteiger partial charge in [-0.15, -0.1) is 0 Å². The Labute approximate surface area is 222 Å². The van der Waals surface area contributed by atoms with Crippen LogP contribution in [0.25, 0.3) is 11.0 Å². The maximum absolute atomic E-state index is 15.1. The summed E-state index contributed by atoms with van der Waals surface area (Å²) in [6.07, 6.45) is -1.73. The molecule has 0 spiro atoms. The summed E-state index contributed by atoms with van der Waals surface area (Å²) in [6, 6.07) is 1.95. The topological polar surface area (TPSA) is 110 Å². The van der Waals surface area contributed by atoms with Crippen LogP contribution in [0.1, 0.15) is 62.0 Å². The Kier molecular flexibility index (Phi) is 6.59. The Morgan fingerprint density at radius 3 is 2.62 bits per heavy atom. The fourth-order valence-electron chi connectivity index (χ4n) is 5.06. The van der Waals surface area contributed by atoms with Gasteiger partial charge in [-0.1, -0.05) is 0 Å². The van der Waals surface area contributed by atoms with E-state index in [0.29, 0.717) is 5.65 Å². The number of hydrogen-bond donors (Lipinski definition) is 2. The van der Waals surface area contributed by atoms with Gasteiger partial charge in [-0.3, -0.25) is 0 Å². The second-order valence-electron chi connectivity index (χ2n) is 10.7. The van der Waals surface area contributed by atoms with Gasteiger partial charge in [-0.25, -0.2) is 27.9 Å². The van der Waals surface area contributed by atoms with Crippen molar-refractivity contribution in [2.75, 3.05) is 6.54 Å². The smallest absolute Gasteiger partial charge is 0.410 e. The number of aryl methyl sites for hydroxylation is 1. The molecule has 3 heterocycles. The molecule has 1 aliphatic carbocycles. The first-order valence-electron chi connectivity index (χ1n) is 12.5. The van der Waals surface area contributed by atoms with Crippen molar-refractivity contribution in [1.29, 1.82) is 0 Å². The van der Waals surface area contributed by atoms with E-state index in [2.05, 4.69) is 9.97 Å². The summed E-state index contributed by atoms with van der Waals surface area (Å²) in [5.74, 6) is -1.97. The molecule has 0 saturated carbocycles. The summed E-state index contributed by atoms with van der Waals surface area (Å²) >= 11 is 0. The van der Waals surface area contributed by atoms with Gasteiger partial charge in [0, 0.05) is 30.1 Å². The highest BCUT2D eigenvalue weighted by Crippen LogP contribution is 2.41. The molecule has 0 bridgehead atoms. The molecule has 0 saturated heterocycles. The number of carbonyl (C=O) groups excluding carboxylic acids is 1. The number of fused-ring (bicyclic) bond motifs is 2. The lowest BCUT2D eigenvalue weighted by Gasteiger charge is -2.33. The van der Waals surface area contributed by atoms with Crippen molar-refractivity contribution in [3.05, 3.63) is 64.4 Å². The van der Waals surface area contributed by atoms with Crippen molar-refractivity contribution in [3.8, 4) is 5.75 Å². The lowest BCUT2D eigenvalue weighted by atomic mass is 9.95. The molecular formula is C27H29F3N4O5. The monoisotopic (exact) mass is 546 g/mol. The number of aliphatic hydroxyl groups excluding tert-OH is 2. The average Bonchev–Trinajstić information content (AvgIpc) is 3.41.